The van der Waals surface area contributed by atoms with Gasteiger partial charge in [-0.25, -0.2) is 4.98 Å². The van der Waals surface area contributed by atoms with E-state index in [9.17, 15) is 4.79 Å². The largest absolute Gasteiger partial charge is 0.378 e. The molecule has 17 heavy (non-hydrogen) atoms. The van der Waals surface area contributed by atoms with Crippen LogP contribution in [0.25, 0.3) is 0 Å². The molecule has 0 saturated carbocycles. The predicted octanol–water partition coefficient (Wildman–Crippen LogP) is 1.75. The average molecular weight is 349 g/mol. The lowest BCUT2D eigenvalue weighted by atomic mass is 10.1. The Kier molecular flexibility index (Phi) is 4.78. The fourth-order valence-corrected chi connectivity index (χ4v) is 2.38. The number of nitrogens with zero attached hydrogens (tertiary/aromatic N) is 1. The van der Waals surface area contributed by atoms with Gasteiger partial charge in [0.25, 0.3) is 5.56 Å². The van der Waals surface area contributed by atoms with E-state index in [0.717, 1.165) is 26.0 Å². The third-order valence-electron chi connectivity index (χ3n) is 2.83. The Labute approximate surface area is 114 Å². The minimum atomic E-state index is -0.1000. The summed E-state index contributed by atoms with van der Waals surface area (Å²) >= 11 is 2.00. The average Bonchev–Trinajstić information content (AvgIpc) is 2.36. The normalized spacial score (nSPS) is 20.2. The van der Waals surface area contributed by atoms with Gasteiger partial charge in [-0.2, -0.15) is 0 Å². The van der Waals surface area contributed by atoms with Gasteiger partial charge < -0.3 is 15.0 Å². The Morgan fingerprint density at radius 1 is 1.59 bits per heavy atom. The molecule has 6 heteroatoms. The maximum absolute atomic E-state index is 11.3. The fourth-order valence-electron chi connectivity index (χ4n) is 1.89. The molecular weight excluding hydrogens is 333 g/mol. The van der Waals surface area contributed by atoms with Gasteiger partial charge in [-0.05, 0) is 48.3 Å². The summed E-state index contributed by atoms with van der Waals surface area (Å²) in [6.45, 7) is 1.67. The second kappa shape index (κ2) is 6.34. The smallest absolute Gasteiger partial charge is 0.266 e. The molecule has 1 fully saturated rings. The standard InChI is InChI=1S/C11H16IN3O2/c12-9-10(14-7-15-11(9)16)13-5-4-8-3-1-2-6-17-8/h7-8H,1-6H2,(H2,13,14,15,16). The van der Waals surface area contributed by atoms with E-state index in [-0.39, 0.29) is 5.56 Å². The maximum atomic E-state index is 11.3. The first-order valence-electron chi connectivity index (χ1n) is 5.86. The molecule has 94 valence electrons. The summed E-state index contributed by atoms with van der Waals surface area (Å²) in [6, 6.07) is 0. The van der Waals surface area contributed by atoms with E-state index < -0.39 is 0 Å². The van der Waals surface area contributed by atoms with Gasteiger partial charge in [-0.15, -0.1) is 0 Å². The molecule has 1 aromatic heterocycles. The molecule has 0 aromatic carbocycles. The molecule has 1 aromatic rings. The molecule has 1 aliphatic rings. The van der Waals surface area contributed by atoms with Crippen molar-refractivity contribution in [3.8, 4) is 0 Å². The highest BCUT2D eigenvalue weighted by atomic mass is 127. The van der Waals surface area contributed by atoms with E-state index in [4.69, 9.17) is 4.74 Å². The van der Waals surface area contributed by atoms with Gasteiger partial charge in [0, 0.05) is 13.2 Å². The number of H-pyrrole nitrogens is 1. The van der Waals surface area contributed by atoms with E-state index in [0.29, 0.717) is 15.5 Å². The number of anilines is 1. The number of rotatable bonds is 4. The van der Waals surface area contributed by atoms with Crippen LogP contribution in [0.2, 0.25) is 0 Å². The van der Waals surface area contributed by atoms with Crippen molar-refractivity contribution in [2.45, 2.75) is 31.8 Å². The number of hydrogen-bond donors (Lipinski definition) is 2. The summed E-state index contributed by atoms with van der Waals surface area (Å²) in [5, 5.41) is 3.18. The SMILES string of the molecule is O=c1[nH]cnc(NCCC2CCCCO2)c1I. The molecule has 0 spiro atoms. The van der Waals surface area contributed by atoms with Crippen LogP contribution in [-0.2, 0) is 4.74 Å². The second-order valence-electron chi connectivity index (χ2n) is 4.10. The summed E-state index contributed by atoms with van der Waals surface area (Å²) in [5.41, 5.74) is -0.1000. The van der Waals surface area contributed by atoms with Crippen molar-refractivity contribution in [3.05, 3.63) is 20.3 Å². The number of ether oxygens (including phenoxy) is 1. The van der Waals surface area contributed by atoms with Gasteiger partial charge in [0.2, 0.25) is 0 Å². The molecular formula is C11H16IN3O2. The molecule has 2 N–H and O–H groups in total. The molecule has 2 heterocycles. The third kappa shape index (κ3) is 3.67. The van der Waals surface area contributed by atoms with Crippen LogP contribution < -0.4 is 10.9 Å². The molecule has 1 atom stereocenters. The first-order valence-corrected chi connectivity index (χ1v) is 6.94. The van der Waals surface area contributed by atoms with E-state index >= 15 is 0 Å². The number of aromatic nitrogens is 2. The van der Waals surface area contributed by atoms with Crippen molar-refractivity contribution in [2.75, 3.05) is 18.5 Å². The van der Waals surface area contributed by atoms with Crippen LogP contribution in [0.4, 0.5) is 5.82 Å². The molecule has 5 nitrogen and oxygen atoms in total. The summed E-state index contributed by atoms with van der Waals surface area (Å²) in [7, 11) is 0. The minimum absolute atomic E-state index is 0.1000. The van der Waals surface area contributed by atoms with Gasteiger partial charge in [-0.1, -0.05) is 0 Å². The molecule has 0 aliphatic carbocycles. The van der Waals surface area contributed by atoms with Crippen LogP contribution in [0.15, 0.2) is 11.1 Å². The van der Waals surface area contributed by atoms with Crippen LogP contribution in [0, 0.1) is 3.57 Å². The van der Waals surface area contributed by atoms with Crippen molar-refractivity contribution in [3.63, 3.8) is 0 Å². The van der Waals surface area contributed by atoms with E-state index in [1.54, 1.807) is 0 Å². The second-order valence-corrected chi connectivity index (χ2v) is 5.18. The van der Waals surface area contributed by atoms with Crippen molar-refractivity contribution in [2.24, 2.45) is 0 Å². The minimum Gasteiger partial charge on any atom is -0.378 e. The van der Waals surface area contributed by atoms with Crippen LogP contribution in [0.1, 0.15) is 25.7 Å². The summed E-state index contributed by atoms with van der Waals surface area (Å²) in [6.07, 6.45) is 6.31. The van der Waals surface area contributed by atoms with Crippen molar-refractivity contribution >= 4 is 28.4 Å². The first-order chi connectivity index (χ1) is 8.27. The van der Waals surface area contributed by atoms with Gasteiger partial charge >= 0.3 is 0 Å². The molecule has 1 saturated heterocycles. The molecule has 0 radical (unpaired) electrons. The van der Waals surface area contributed by atoms with Gasteiger partial charge in [-0.3, -0.25) is 4.79 Å². The zero-order valence-corrected chi connectivity index (χ0v) is 11.7. The summed E-state index contributed by atoms with van der Waals surface area (Å²) < 4.78 is 6.25. The molecule has 1 aliphatic heterocycles. The quantitative estimate of drug-likeness (QED) is 0.813. The van der Waals surface area contributed by atoms with Crippen molar-refractivity contribution in [1.82, 2.24) is 9.97 Å². The first kappa shape index (κ1) is 12.8. The van der Waals surface area contributed by atoms with E-state index in [2.05, 4.69) is 15.3 Å². The number of aromatic amines is 1. The zero-order chi connectivity index (χ0) is 12.1. The molecule has 0 bridgehead atoms. The maximum Gasteiger partial charge on any atom is 0.266 e. The Morgan fingerprint density at radius 2 is 2.47 bits per heavy atom. The summed E-state index contributed by atoms with van der Waals surface area (Å²) in [5.74, 6) is 0.658. The van der Waals surface area contributed by atoms with Gasteiger partial charge in [0.15, 0.2) is 0 Å². The highest BCUT2D eigenvalue weighted by molar-refractivity contribution is 14.1. The van der Waals surface area contributed by atoms with Gasteiger partial charge in [0.1, 0.15) is 9.39 Å². The molecule has 2 rings (SSSR count). The number of nitrogens with one attached hydrogen (secondary N) is 2. The van der Waals surface area contributed by atoms with Crippen LogP contribution >= 0.6 is 22.6 Å². The number of hydrogen-bond acceptors (Lipinski definition) is 4. The molecule has 1 unspecified atom stereocenters. The lowest BCUT2D eigenvalue weighted by molar-refractivity contribution is 0.0134. The van der Waals surface area contributed by atoms with Crippen LogP contribution in [0.5, 0.6) is 0 Å². The molecule has 0 amide bonds. The van der Waals surface area contributed by atoms with Gasteiger partial charge in [0.05, 0.1) is 12.4 Å². The highest BCUT2D eigenvalue weighted by Gasteiger charge is 2.13. The van der Waals surface area contributed by atoms with Crippen molar-refractivity contribution < 1.29 is 4.74 Å². The predicted molar refractivity (Wildman–Crippen MR) is 74.3 cm³/mol. The lowest BCUT2D eigenvalue weighted by Gasteiger charge is -2.22. The Balaban J connectivity index is 1.81. The number of halogens is 1. The fraction of sp³-hybridized carbons (Fsp3) is 0.636. The van der Waals surface area contributed by atoms with Crippen molar-refractivity contribution in [1.29, 1.82) is 0 Å². The Hall–Kier alpha value is -0.630. The monoisotopic (exact) mass is 349 g/mol. The Bertz CT molecular complexity index is 415. The van der Waals surface area contributed by atoms with E-state index in [1.165, 1.54) is 19.2 Å². The zero-order valence-electron chi connectivity index (χ0n) is 9.54. The van der Waals surface area contributed by atoms with Crippen LogP contribution in [-0.4, -0.2) is 29.2 Å². The third-order valence-corrected chi connectivity index (χ3v) is 3.83. The highest BCUT2D eigenvalue weighted by Crippen LogP contribution is 2.16. The topological polar surface area (TPSA) is 67.0 Å². The lowest BCUT2D eigenvalue weighted by Crippen LogP contribution is -2.23. The Morgan fingerprint density at radius 3 is 3.24 bits per heavy atom. The van der Waals surface area contributed by atoms with Crippen LogP contribution in [0.3, 0.4) is 0 Å². The summed E-state index contributed by atoms with van der Waals surface area (Å²) in [4.78, 5) is 18.0. The van der Waals surface area contributed by atoms with E-state index in [1.807, 2.05) is 22.6 Å².